The predicted octanol–water partition coefficient (Wildman–Crippen LogP) is 2.63. The summed E-state index contributed by atoms with van der Waals surface area (Å²) in [5.41, 5.74) is -0.0721. The number of esters is 1. The summed E-state index contributed by atoms with van der Waals surface area (Å²) in [5, 5.41) is 2.42. The molecule has 0 unspecified atom stereocenters. The zero-order chi connectivity index (χ0) is 17.5. The lowest BCUT2D eigenvalue weighted by Gasteiger charge is -2.21. The highest BCUT2D eigenvalue weighted by atomic mass is 19.1. The van der Waals surface area contributed by atoms with Crippen molar-refractivity contribution in [1.29, 1.82) is 0 Å². The average Bonchev–Trinajstić information content (AvgIpc) is 2.45. The van der Waals surface area contributed by atoms with E-state index in [-0.39, 0.29) is 12.2 Å². The van der Waals surface area contributed by atoms with Crippen LogP contribution < -0.4 is 5.32 Å². The molecule has 124 valence electrons. The second-order valence-corrected chi connectivity index (χ2v) is 5.73. The van der Waals surface area contributed by atoms with E-state index >= 15 is 0 Å². The Morgan fingerprint density at radius 1 is 1.26 bits per heavy atom. The summed E-state index contributed by atoms with van der Waals surface area (Å²) in [6.45, 7) is 5.15. The van der Waals surface area contributed by atoms with Gasteiger partial charge in [-0.15, -0.1) is 0 Å². The van der Waals surface area contributed by atoms with Gasteiger partial charge in [-0.1, -0.05) is 11.8 Å². The molecule has 0 bridgehead atoms. The molecule has 5 nitrogen and oxygen atoms in total. The van der Waals surface area contributed by atoms with Crippen LogP contribution in [0.5, 0.6) is 0 Å². The lowest BCUT2D eigenvalue weighted by Crippen LogP contribution is -2.43. The van der Waals surface area contributed by atoms with Gasteiger partial charge in [0.05, 0.1) is 7.11 Å². The van der Waals surface area contributed by atoms with E-state index in [2.05, 4.69) is 21.9 Å². The van der Waals surface area contributed by atoms with Crippen molar-refractivity contribution in [2.75, 3.05) is 7.11 Å². The highest BCUT2D eigenvalue weighted by molar-refractivity contribution is 5.81. The topological polar surface area (TPSA) is 64.6 Å². The second-order valence-electron chi connectivity index (χ2n) is 5.73. The lowest BCUT2D eigenvalue weighted by atomic mass is 10.1. The second kappa shape index (κ2) is 8.18. The molecule has 0 saturated heterocycles. The standard InChI is InChI=1S/C17H20FNO4/c1-17(2,3)23-16(21)19-14(15(20)22-4)7-5-6-12-8-10-13(18)11-9-12/h8-11,14H,7H2,1-4H3,(H,19,21)/t14-/m0/s1. The van der Waals surface area contributed by atoms with E-state index in [1.807, 2.05) is 0 Å². The van der Waals surface area contributed by atoms with Crippen molar-refractivity contribution < 1.29 is 23.5 Å². The molecule has 6 heteroatoms. The number of rotatable bonds is 3. The van der Waals surface area contributed by atoms with Gasteiger partial charge in [0.1, 0.15) is 17.5 Å². The van der Waals surface area contributed by atoms with Crippen LogP contribution in [0.1, 0.15) is 32.8 Å². The third kappa shape index (κ3) is 7.32. The minimum absolute atomic E-state index is 0.0449. The van der Waals surface area contributed by atoms with Gasteiger partial charge in [0.2, 0.25) is 0 Å². The van der Waals surface area contributed by atoms with E-state index in [0.29, 0.717) is 5.56 Å². The van der Waals surface area contributed by atoms with Gasteiger partial charge in [-0.2, -0.15) is 0 Å². The van der Waals surface area contributed by atoms with Crippen molar-refractivity contribution in [3.8, 4) is 11.8 Å². The van der Waals surface area contributed by atoms with Crippen LogP contribution >= 0.6 is 0 Å². The number of carbonyl (C=O) groups excluding carboxylic acids is 2. The highest BCUT2D eigenvalue weighted by Crippen LogP contribution is 2.07. The fourth-order valence-electron chi connectivity index (χ4n) is 1.57. The Morgan fingerprint density at radius 2 is 1.87 bits per heavy atom. The fourth-order valence-corrected chi connectivity index (χ4v) is 1.57. The molecule has 1 amide bonds. The first kappa shape index (κ1) is 18.5. The van der Waals surface area contributed by atoms with Crippen LogP contribution in [0.3, 0.4) is 0 Å². The molecule has 1 aromatic rings. The molecule has 0 radical (unpaired) electrons. The summed E-state index contributed by atoms with van der Waals surface area (Å²) >= 11 is 0. The Bertz CT molecular complexity index is 608. The molecule has 1 aromatic carbocycles. The molecule has 23 heavy (non-hydrogen) atoms. The number of methoxy groups -OCH3 is 1. The maximum absolute atomic E-state index is 12.8. The molecule has 0 aliphatic rings. The normalized spacial score (nSPS) is 11.7. The largest absolute Gasteiger partial charge is 0.467 e. The summed E-state index contributed by atoms with van der Waals surface area (Å²) < 4.78 is 22.5. The molecule has 1 N–H and O–H groups in total. The lowest BCUT2D eigenvalue weighted by molar-refractivity contribution is -0.143. The van der Waals surface area contributed by atoms with Crippen molar-refractivity contribution >= 4 is 12.1 Å². The van der Waals surface area contributed by atoms with E-state index < -0.39 is 23.7 Å². The summed E-state index contributed by atoms with van der Waals surface area (Å²) in [6, 6.07) is 4.69. The summed E-state index contributed by atoms with van der Waals surface area (Å²) in [7, 11) is 1.22. The van der Waals surface area contributed by atoms with Gasteiger partial charge in [0.15, 0.2) is 0 Å². The van der Waals surface area contributed by atoms with Gasteiger partial charge >= 0.3 is 12.1 Å². The fraction of sp³-hybridized carbons (Fsp3) is 0.412. The van der Waals surface area contributed by atoms with E-state index in [0.717, 1.165) is 0 Å². The van der Waals surface area contributed by atoms with E-state index in [1.165, 1.54) is 31.4 Å². The molecule has 0 aromatic heterocycles. The summed E-state index contributed by atoms with van der Waals surface area (Å²) in [5.74, 6) is 4.57. The van der Waals surface area contributed by atoms with Crippen LogP contribution in [0.25, 0.3) is 0 Å². The van der Waals surface area contributed by atoms with Gasteiger partial charge in [-0.25, -0.2) is 14.0 Å². The van der Waals surface area contributed by atoms with Crippen LogP contribution in [-0.4, -0.2) is 30.8 Å². The molecule has 0 fully saturated rings. The predicted molar refractivity (Wildman–Crippen MR) is 83.1 cm³/mol. The minimum atomic E-state index is -0.942. The zero-order valence-electron chi connectivity index (χ0n) is 13.6. The van der Waals surface area contributed by atoms with Gasteiger partial charge in [-0.3, -0.25) is 0 Å². The Morgan fingerprint density at radius 3 is 2.39 bits per heavy atom. The van der Waals surface area contributed by atoms with Crippen LogP contribution in [-0.2, 0) is 14.3 Å². The summed E-state index contributed by atoms with van der Waals surface area (Å²) in [6.07, 6.45) is -0.681. The van der Waals surface area contributed by atoms with Gasteiger partial charge in [0.25, 0.3) is 0 Å². The monoisotopic (exact) mass is 321 g/mol. The van der Waals surface area contributed by atoms with Gasteiger partial charge in [0, 0.05) is 12.0 Å². The van der Waals surface area contributed by atoms with Gasteiger partial charge < -0.3 is 14.8 Å². The quantitative estimate of drug-likeness (QED) is 0.686. The number of halogens is 1. The Balaban J connectivity index is 2.71. The number of hydrogen-bond acceptors (Lipinski definition) is 4. The van der Waals surface area contributed by atoms with Crippen LogP contribution in [0.2, 0.25) is 0 Å². The first-order valence-electron chi connectivity index (χ1n) is 7.03. The van der Waals surface area contributed by atoms with Crippen molar-refractivity contribution in [2.24, 2.45) is 0 Å². The molecule has 0 aliphatic carbocycles. The van der Waals surface area contributed by atoms with Crippen LogP contribution in [0.15, 0.2) is 24.3 Å². The Labute approximate surface area is 135 Å². The molecule has 0 heterocycles. The number of hydrogen-bond donors (Lipinski definition) is 1. The number of nitrogens with one attached hydrogen (secondary N) is 1. The number of alkyl carbamates (subject to hydrolysis) is 1. The molecular weight excluding hydrogens is 301 g/mol. The zero-order valence-corrected chi connectivity index (χ0v) is 13.6. The van der Waals surface area contributed by atoms with Crippen molar-refractivity contribution in [2.45, 2.75) is 38.8 Å². The number of amides is 1. The number of benzene rings is 1. The highest BCUT2D eigenvalue weighted by Gasteiger charge is 2.24. The van der Waals surface area contributed by atoms with Crippen molar-refractivity contribution in [3.63, 3.8) is 0 Å². The van der Waals surface area contributed by atoms with E-state index in [9.17, 15) is 14.0 Å². The van der Waals surface area contributed by atoms with Crippen molar-refractivity contribution in [1.82, 2.24) is 5.32 Å². The molecule has 1 atom stereocenters. The minimum Gasteiger partial charge on any atom is -0.467 e. The third-order valence-corrected chi connectivity index (χ3v) is 2.56. The number of carbonyl (C=O) groups is 2. The van der Waals surface area contributed by atoms with Gasteiger partial charge in [-0.05, 0) is 45.0 Å². The average molecular weight is 321 g/mol. The first-order chi connectivity index (χ1) is 10.7. The first-order valence-corrected chi connectivity index (χ1v) is 7.03. The van der Waals surface area contributed by atoms with Crippen LogP contribution in [0.4, 0.5) is 9.18 Å². The molecule has 0 saturated carbocycles. The Hall–Kier alpha value is -2.55. The molecule has 0 aliphatic heterocycles. The smallest absolute Gasteiger partial charge is 0.408 e. The SMILES string of the molecule is COC(=O)[C@H](CC#Cc1ccc(F)cc1)NC(=O)OC(C)(C)C. The maximum atomic E-state index is 12.8. The Kier molecular flexibility index (Phi) is 6.58. The molecule has 0 spiro atoms. The third-order valence-electron chi connectivity index (χ3n) is 2.56. The van der Waals surface area contributed by atoms with Crippen molar-refractivity contribution in [3.05, 3.63) is 35.6 Å². The summed E-state index contributed by atoms with van der Waals surface area (Å²) in [4.78, 5) is 23.4. The number of ether oxygens (including phenoxy) is 2. The molecular formula is C17H20FNO4. The molecule has 1 rings (SSSR count). The maximum Gasteiger partial charge on any atom is 0.408 e. The van der Waals surface area contributed by atoms with E-state index in [1.54, 1.807) is 20.8 Å². The van der Waals surface area contributed by atoms with E-state index in [4.69, 9.17) is 4.74 Å². The van der Waals surface area contributed by atoms with Crippen LogP contribution in [0, 0.1) is 17.7 Å².